The Morgan fingerprint density at radius 3 is 2.17 bits per heavy atom. The zero-order chi connectivity index (χ0) is 16.8. The van der Waals surface area contributed by atoms with Crippen molar-refractivity contribution < 1.29 is 15.3 Å². The number of hydrogen-bond acceptors (Lipinski definition) is 2. The number of nitrogens with two attached hydrogens (primary N) is 1. The molecule has 0 aliphatic heterocycles. The number of rotatable bonds is 6. The Hall–Kier alpha value is -2.66. The molecule has 2 atom stereocenters. The minimum atomic E-state index is -0.688. The molecule has 23 heavy (non-hydrogen) atoms. The van der Waals surface area contributed by atoms with E-state index in [1.807, 2.05) is 42.5 Å². The van der Waals surface area contributed by atoms with Gasteiger partial charge in [0.25, 0.3) is 5.91 Å². The minimum Gasteiger partial charge on any atom is -0.368 e. The normalized spacial score (nSPS) is 13.1. The summed E-state index contributed by atoms with van der Waals surface area (Å²) in [7, 11) is 0. The standard InChI is InChI=1S/C18H21N3O2/c1-12(17(20)22)21-18(23)16(19)11-13-7-9-15(10-8-13)14-5-3-2-4-6-14/h2-10,12,16H,11,19H2,1H3,(H2,20,22)(H,21,23)/p+1/t12-,16-/m0/s1. The van der Waals surface area contributed by atoms with Crippen LogP contribution in [0.5, 0.6) is 0 Å². The fourth-order valence-corrected chi connectivity index (χ4v) is 2.24. The van der Waals surface area contributed by atoms with Gasteiger partial charge in [0.05, 0.1) is 0 Å². The highest BCUT2D eigenvalue weighted by molar-refractivity contribution is 5.88. The highest BCUT2D eigenvalue weighted by Crippen LogP contribution is 2.19. The van der Waals surface area contributed by atoms with E-state index in [4.69, 9.17) is 5.73 Å². The van der Waals surface area contributed by atoms with E-state index in [9.17, 15) is 9.59 Å². The molecule has 0 saturated heterocycles. The van der Waals surface area contributed by atoms with E-state index < -0.39 is 18.0 Å². The van der Waals surface area contributed by atoms with Crippen LogP contribution in [0.4, 0.5) is 0 Å². The molecule has 0 bridgehead atoms. The van der Waals surface area contributed by atoms with Gasteiger partial charge in [-0.3, -0.25) is 9.59 Å². The van der Waals surface area contributed by atoms with Gasteiger partial charge < -0.3 is 16.8 Å². The molecule has 0 unspecified atom stereocenters. The molecule has 0 aromatic heterocycles. The van der Waals surface area contributed by atoms with Crippen LogP contribution in [-0.4, -0.2) is 23.9 Å². The second kappa shape index (κ2) is 7.56. The predicted molar refractivity (Wildman–Crippen MR) is 89.1 cm³/mol. The maximum atomic E-state index is 12.0. The van der Waals surface area contributed by atoms with Gasteiger partial charge in [-0.05, 0) is 23.6 Å². The van der Waals surface area contributed by atoms with Crippen LogP contribution in [0.25, 0.3) is 11.1 Å². The first-order chi connectivity index (χ1) is 11.0. The lowest BCUT2D eigenvalue weighted by molar-refractivity contribution is -0.403. The van der Waals surface area contributed by atoms with Gasteiger partial charge >= 0.3 is 0 Å². The molecule has 0 aliphatic rings. The summed E-state index contributed by atoms with van der Waals surface area (Å²) in [6.45, 7) is 1.56. The van der Waals surface area contributed by atoms with E-state index in [2.05, 4.69) is 23.2 Å². The lowest BCUT2D eigenvalue weighted by Crippen LogP contribution is -2.69. The van der Waals surface area contributed by atoms with Crippen molar-refractivity contribution in [3.8, 4) is 11.1 Å². The summed E-state index contributed by atoms with van der Waals surface area (Å²) < 4.78 is 0. The molecule has 0 saturated carbocycles. The number of quaternary nitrogens is 1. The molecule has 0 spiro atoms. The van der Waals surface area contributed by atoms with Crippen molar-refractivity contribution in [3.63, 3.8) is 0 Å². The summed E-state index contributed by atoms with van der Waals surface area (Å²) in [6, 6.07) is 17.0. The predicted octanol–water partition coefficient (Wildman–Crippen LogP) is 0.497. The van der Waals surface area contributed by atoms with Crippen molar-refractivity contribution in [1.29, 1.82) is 0 Å². The second-order valence-electron chi connectivity index (χ2n) is 5.60. The molecule has 5 nitrogen and oxygen atoms in total. The molecular weight excluding hydrogens is 290 g/mol. The summed E-state index contributed by atoms with van der Waals surface area (Å²) in [5.74, 6) is -0.832. The molecule has 2 rings (SSSR count). The fourth-order valence-electron chi connectivity index (χ4n) is 2.24. The van der Waals surface area contributed by atoms with E-state index >= 15 is 0 Å². The number of carbonyl (C=O) groups excluding carboxylic acids is 2. The third-order valence-corrected chi connectivity index (χ3v) is 3.70. The molecule has 0 aliphatic carbocycles. The van der Waals surface area contributed by atoms with E-state index in [1.165, 1.54) is 0 Å². The van der Waals surface area contributed by atoms with Gasteiger partial charge in [-0.25, -0.2) is 0 Å². The fraction of sp³-hybridized carbons (Fsp3) is 0.222. The highest BCUT2D eigenvalue weighted by atomic mass is 16.2. The van der Waals surface area contributed by atoms with E-state index in [1.54, 1.807) is 6.92 Å². The number of carbonyl (C=O) groups is 2. The average molecular weight is 312 g/mol. The first kappa shape index (κ1) is 16.7. The van der Waals surface area contributed by atoms with Crippen molar-refractivity contribution in [2.45, 2.75) is 25.4 Å². The van der Waals surface area contributed by atoms with E-state index in [0.717, 1.165) is 16.7 Å². The van der Waals surface area contributed by atoms with Gasteiger partial charge in [0.15, 0.2) is 6.04 Å². The smallest absolute Gasteiger partial charge is 0.279 e. The van der Waals surface area contributed by atoms with E-state index in [-0.39, 0.29) is 5.91 Å². The monoisotopic (exact) mass is 312 g/mol. The van der Waals surface area contributed by atoms with Gasteiger partial charge in [0.1, 0.15) is 6.04 Å². The van der Waals surface area contributed by atoms with Gasteiger partial charge in [0, 0.05) is 6.42 Å². The Morgan fingerprint density at radius 2 is 1.61 bits per heavy atom. The highest BCUT2D eigenvalue weighted by Gasteiger charge is 2.21. The van der Waals surface area contributed by atoms with E-state index in [0.29, 0.717) is 6.42 Å². The van der Waals surface area contributed by atoms with Gasteiger partial charge in [-0.1, -0.05) is 54.6 Å². The van der Waals surface area contributed by atoms with Crippen LogP contribution in [0.15, 0.2) is 54.6 Å². The lowest BCUT2D eigenvalue weighted by atomic mass is 10.0. The molecule has 6 N–H and O–H groups in total. The van der Waals surface area contributed by atoms with Crippen LogP contribution >= 0.6 is 0 Å². The molecule has 5 heteroatoms. The molecule has 2 aromatic rings. The number of nitrogens with one attached hydrogen (secondary N) is 1. The van der Waals surface area contributed by atoms with Crippen LogP contribution in [0.1, 0.15) is 12.5 Å². The molecule has 0 radical (unpaired) electrons. The Kier molecular flexibility index (Phi) is 5.49. The van der Waals surface area contributed by atoms with Gasteiger partial charge in [0.2, 0.25) is 5.91 Å². The molecular formula is C18H22N3O2+. The van der Waals surface area contributed by atoms with Crippen LogP contribution in [0.3, 0.4) is 0 Å². The maximum Gasteiger partial charge on any atom is 0.279 e. The molecule has 120 valence electrons. The molecule has 2 amide bonds. The Balaban J connectivity index is 1.98. The second-order valence-corrected chi connectivity index (χ2v) is 5.60. The summed E-state index contributed by atoms with van der Waals surface area (Å²) in [5.41, 5.74) is 12.3. The lowest BCUT2D eigenvalue weighted by Gasteiger charge is -2.13. The number of amides is 2. The Labute approximate surface area is 135 Å². The largest absolute Gasteiger partial charge is 0.368 e. The zero-order valence-corrected chi connectivity index (χ0v) is 13.2. The Bertz CT molecular complexity index is 668. The van der Waals surface area contributed by atoms with Crippen LogP contribution < -0.4 is 16.8 Å². The summed E-state index contributed by atoms with van der Waals surface area (Å²) in [4.78, 5) is 22.9. The summed E-state index contributed by atoms with van der Waals surface area (Å²) in [5, 5.41) is 2.56. The first-order valence-electron chi connectivity index (χ1n) is 7.54. The van der Waals surface area contributed by atoms with Crippen LogP contribution in [-0.2, 0) is 16.0 Å². The zero-order valence-electron chi connectivity index (χ0n) is 13.2. The van der Waals surface area contributed by atoms with Crippen molar-refractivity contribution in [2.24, 2.45) is 5.73 Å². The third kappa shape index (κ3) is 4.66. The van der Waals surface area contributed by atoms with Crippen molar-refractivity contribution in [2.75, 3.05) is 0 Å². The maximum absolute atomic E-state index is 12.0. The van der Waals surface area contributed by atoms with Crippen LogP contribution in [0.2, 0.25) is 0 Å². The average Bonchev–Trinajstić information content (AvgIpc) is 2.56. The van der Waals surface area contributed by atoms with Gasteiger partial charge in [-0.15, -0.1) is 0 Å². The molecule has 0 heterocycles. The first-order valence-corrected chi connectivity index (χ1v) is 7.54. The van der Waals surface area contributed by atoms with Gasteiger partial charge in [-0.2, -0.15) is 0 Å². The number of hydrogen-bond donors (Lipinski definition) is 3. The molecule has 2 aromatic carbocycles. The van der Waals surface area contributed by atoms with Crippen molar-refractivity contribution >= 4 is 11.8 Å². The topological polar surface area (TPSA) is 99.8 Å². The Morgan fingerprint density at radius 1 is 1.04 bits per heavy atom. The number of benzene rings is 2. The quantitative estimate of drug-likeness (QED) is 0.723. The summed E-state index contributed by atoms with van der Waals surface area (Å²) >= 11 is 0. The minimum absolute atomic E-state index is 0.275. The summed E-state index contributed by atoms with van der Waals surface area (Å²) in [6.07, 6.45) is 0.506. The van der Waals surface area contributed by atoms with Crippen LogP contribution in [0, 0.1) is 0 Å². The number of primary amides is 1. The van der Waals surface area contributed by atoms with Crippen molar-refractivity contribution in [1.82, 2.24) is 5.32 Å². The SMILES string of the molecule is C[C@H](NC(=O)[C@@H]([NH3+])Cc1ccc(-c2ccccc2)cc1)C(N)=O. The molecule has 0 fully saturated rings. The van der Waals surface area contributed by atoms with Crippen molar-refractivity contribution in [3.05, 3.63) is 60.2 Å². The third-order valence-electron chi connectivity index (χ3n) is 3.70.